The first kappa shape index (κ1) is 13.1. The Balaban J connectivity index is 2.62. The summed E-state index contributed by atoms with van der Waals surface area (Å²) in [5.41, 5.74) is -0.679. The molecule has 1 aromatic heterocycles. The van der Waals surface area contributed by atoms with E-state index in [0.717, 1.165) is 29.2 Å². The van der Waals surface area contributed by atoms with Gasteiger partial charge in [-0.1, -0.05) is 0 Å². The molecule has 0 aliphatic rings. The highest BCUT2D eigenvalue weighted by Crippen LogP contribution is 2.29. The standard InChI is InChI=1S/C10H5BrFN3O4/c11-6-1-8(9(15(18)19)2-7(6)12)14-4-5(3-13-14)10(16)17/h1-4H,(H,16,17). The fourth-order valence-electron chi connectivity index (χ4n) is 1.42. The number of nitro benzene ring substituents is 1. The minimum Gasteiger partial charge on any atom is -0.478 e. The molecular formula is C10H5BrFN3O4. The molecule has 0 aliphatic heterocycles. The topological polar surface area (TPSA) is 98.3 Å². The van der Waals surface area contributed by atoms with Crippen molar-refractivity contribution in [3.63, 3.8) is 0 Å². The Morgan fingerprint density at radius 2 is 2.21 bits per heavy atom. The van der Waals surface area contributed by atoms with Gasteiger partial charge in [-0.05, 0) is 22.0 Å². The van der Waals surface area contributed by atoms with E-state index >= 15 is 0 Å². The molecule has 1 aromatic carbocycles. The monoisotopic (exact) mass is 329 g/mol. The van der Waals surface area contributed by atoms with E-state index in [9.17, 15) is 19.3 Å². The van der Waals surface area contributed by atoms with Crippen LogP contribution in [0.1, 0.15) is 10.4 Å². The smallest absolute Gasteiger partial charge is 0.338 e. The van der Waals surface area contributed by atoms with E-state index in [0.29, 0.717) is 0 Å². The fourth-order valence-corrected chi connectivity index (χ4v) is 1.75. The summed E-state index contributed by atoms with van der Waals surface area (Å²) in [6, 6.07) is 1.90. The number of halogens is 2. The second-order valence-electron chi connectivity index (χ2n) is 3.49. The Morgan fingerprint density at radius 3 is 2.74 bits per heavy atom. The first-order valence-electron chi connectivity index (χ1n) is 4.82. The van der Waals surface area contributed by atoms with E-state index in [4.69, 9.17) is 5.11 Å². The summed E-state index contributed by atoms with van der Waals surface area (Å²) in [6.45, 7) is 0. The van der Waals surface area contributed by atoms with Gasteiger partial charge in [0.15, 0.2) is 0 Å². The van der Waals surface area contributed by atoms with Crippen LogP contribution in [-0.4, -0.2) is 25.8 Å². The average molecular weight is 330 g/mol. The van der Waals surface area contributed by atoms with Crippen molar-refractivity contribution in [2.24, 2.45) is 0 Å². The maximum atomic E-state index is 13.3. The number of hydrogen-bond acceptors (Lipinski definition) is 4. The summed E-state index contributed by atoms with van der Waals surface area (Å²) < 4.78 is 14.3. The molecule has 7 nitrogen and oxygen atoms in total. The Labute approximate surface area is 113 Å². The molecule has 0 saturated carbocycles. The van der Waals surface area contributed by atoms with Gasteiger partial charge in [0.1, 0.15) is 11.5 Å². The Hall–Kier alpha value is -2.29. The lowest BCUT2D eigenvalue weighted by atomic mass is 10.2. The van der Waals surface area contributed by atoms with Gasteiger partial charge >= 0.3 is 5.97 Å². The molecule has 0 unspecified atom stereocenters. The molecule has 0 aliphatic carbocycles. The number of nitro groups is 1. The van der Waals surface area contributed by atoms with Crippen molar-refractivity contribution in [2.75, 3.05) is 0 Å². The first-order valence-corrected chi connectivity index (χ1v) is 5.61. The van der Waals surface area contributed by atoms with Gasteiger partial charge in [0, 0.05) is 6.20 Å². The van der Waals surface area contributed by atoms with Crippen molar-refractivity contribution in [2.45, 2.75) is 0 Å². The molecule has 0 saturated heterocycles. The van der Waals surface area contributed by atoms with Crippen molar-refractivity contribution < 1.29 is 19.2 Å². The van der Waals surface area contributed by atoms with Gasteiger partial charge in [0.05, 0.1) is 27.2 Å². The maximum Gasteiger partial charge on any atom is 0.338 e. The van der Waals surface area contributed by atoms with Crippen LogP contribution < -0.4 is 0 Å². The van der Waals surface area contributed by atoms with E-state index < -0.39 is 22.4 Å². The molecule has 0 fully saturated rings. The lowest BCUT2D eigenvalue weighted by Crippen LogP contribution is -2.02. The number of aromatic nitrogens is 2. The van der Waals surface area contributed by atoms with Crippen LogP contribution in [0.3, 0.4) is 0 Å². The summed E-state index contributed by atoms with van der Waals surface area (Å²) >= 11 is 2.91. The molecule has 0 atom stereocenters. The van der Waals surface area contributed by atoms with Crippen LogP contribution in [0.4, 0.5) is 10.1 Å². The van der Waals surface area contributed by atoms with Crippen molar-refractivity contribution >= 4 is 27.6 Å². The van der Waals surface area contributed by atoms with Gasteiger partial charge in [-0.15, -0.1) is 0 Å². The van der Waals surface area contributed by atoms with Crippen molar-refractivity contribution in [3.8, 4) is 5.69 Å². The lowest BCUT2D eigenvalue weighted by molar-refractivity contribution is -0.384. The largest absolute Gasteiger partial charge is 0.478 e. The molecule has 1 heterocycles. The normalized spacial score (nSPS) is 10.4. The molecule has 1 N–H and O–H groups in total. The number of carboxylic acids is 1. The molecule has 0 bridgehead atoms. The predicted molar refractivity (Wildman–Crippen MR) is 64.8 cm³/mol. The molecule has 9 heteroatoms. The summed E-state index contributed by atoms with van der Waals surface area (Å²) in [7, 11) is 0. The minimum absolute atomic E-state index is 0.0143. The molecule has 2 rings (SSSR count). The molecule has 98 valence electrons. The van der Waals surface area contributed by atoms with Crippen molar-refractivity contribution in [1.29, 1.82) is 0 Å². The first-order chi connectivity index (χ1) is 8.90. The second-order valence-corrected chi connectivity index (χ2v) is 4.35. The van der Waals surface area contributed by atoms with Gasteiger partial charge in [-0.25, -0.2) is 13.9 Å². The zero-order valence-electron chi connectivity index (χ0n) is 9.08. The van der Waals surface area contributed by atoms with Crippen LogP contribution in [0.15, 0.2) is 29.0 Å². The third-order valence-corrected chi connectivity index (χ3v) is 2.90. The van der Waals surface area contributed by atoms with Crippen LogP contribution in [-0.2, 0) is 0 Å². The quantitative estimate of drug-likeness (QED) is 0.688. The Morgan fingerprint density at radius 1 is 1.53 bits per heavy atom. The van der Waals surface area contributed by atoms with Crippen LogP contribution in [0.5, 0.6) is 0 Å². The van der Waals surface area contributed by atoms with E-state index in [2.05, 4.69) is 21.0 Å². The third kappa shape index (κ3) is 2.45. The van der Waals surface area contributed by atoms with Crippen LogP contribution >= 0.6 is 15.9 Å². The summed E-state index contributed by atoms with van der Waals surface area (Å²) in [5.74, 6) is -2.00. The average Bonchev–Trinajstić information content (AvgIpc) is 2.81. The van der Waals surface area contributed by atoms with E-state index in [1.54, 1.807) is 0 Å². The molecule has 0 amide bonds. The number of benzene rings is 1. The summed E-state index contributed by atoms with van der Waals surface area (Å²) in [6.07, 6.45) is 2.15. The van der Waals surface area contributed by atoms with Crippen molar-refractivity contribution in [3.05, 3.63) is 50.5 Å². The second kappa shape index (κ2) is 4.76. The summed E-state index contributed by atoms with van der Waals surface area (Å²) in [5, 5.41) is 23.3. The van der Waals surface area contributed by atoms with Crippen molar-refractivity contribution in [1.82, 2.24) is 9.78 Å². The molecule has 0 spiro atoms. The number of aromatic carboxylic acids is 1. The minimum atomic E-state index is -1.21. The van der Waals surface area contributed by atoms with Gasteiger partial charge in [0.2, 0.25) is 0 Å². The molecule has 0 radical (unpaired) electrons. The van der Waals surface area contributed by atoms with Gasteiger partial charge in [-0.3, -0.25) is 10.1 Å². The van der Waals surface area contributed by atoms with Gasteiger partial charge < -0.3 is 5.11 Å². The number of carboxylic acid groups (broad SMARTS) is 1. The highest BCUT2D eigenvalue weighted by Gasteiger charge is 2.20. The number of rotatable bonds is 3. The van der Waals surface area contributed by atoms with E-state index in [1.807, 2.05) is 0 Å². The fraction of sp³-hybridized carbons (Fsp3) is 0. The zero-order valence-corrected chi connectivity index (χ0v) is 10.7. The Kier molecular flexibility index (Phi) is 3.30. The van der Waals surface area contributed by atoms with Gasteiger partial charge in [0.25, 0.3) is 5.69 Å². The van der Waals surface area contributed by atoms with Crippen LogP contribution in [0, 0.1) is 15.9 Å². The van der Waals surface area contributed by atoms with Crippen LogP contribution in [0.2, 0.25) is 0 Å². The highest BCUT2D eigenvalue weighted by atomic mass is 79.9. The highest BCUT2D eigenvalue weighted by molar-refractivity contribution is 9.10. The predicted octanol–water partition coefficient (Wildman–Crippen LogP) is 2.38. The van der Waals surface area contributed by atoms with Crippen LogP contribution in [0.25, 0.3) is 5.69 Å². The number of hydrogen-bond donors (Lipinski definition) is 1. The van der Waals surface area contributed by atoms with E-state index in [1.165, 1.54) is 0 Å². The molecule has 19 heavy (non-hydrogen) atoms. The molecular weight excluding hydrogens is 325 g/mol. The number of nitrogens with zero attached hydrogens (tertiary/aromatic N) is 3. The molecule has 2 aromatic rings. The van der Waals surface area contributed by atoms with Gasteiger partial charge in [-0.2, -0.15) is 5.10 Å². The summed E-state index contributed by atoms with van der Waals surface area (Å²) in [4.78, 5) is 20.8. The lowest BCUT2D eigenvalue weighted by Gasteiger charge is -2.04. The Bertz CT molecular complexity index is 685. The maximum absolute atomic E-state index is 13.3. The zero-order chi connectivity index (χ0) is 14.2. The third-order valence-electron chi connectivity index (χ3n) is 2.29. The number of carbonyl (C=O) groups is 1. The van der Waals surface area contributed by atoms with E-state index in [-0.39, 0.29) is 15.7 Å². The SMILES string of the molecule is O=C(O)c1cnn(-c2cc(Br)c(F)cc2[N+](=O)[O-])c1.